The molecule has 3 heterocycles. The van der Waals surface area contributed by atoms with E-state index in [4.69, 9.17) is 4.74 Å². The predicted octanol–water partition coefficient (Wildman–Crippen LogP) is 4.74. The average molecular weight is 447 g/mol. The van der Waals surface area contributed by atoms with Crippen molar-refractivity contribution in [2.75, 3.05) is 38.2 Å². The number of likely N-dealkylation sites (tertiary alicyclic amines) is 1. The van der Waals surface area contributed by atoms with Gasteiger partial charge in [0.1, 0.15) is 5.75 Å². The monoisotopic (exact) mass is 446 g/mol. The predicted molar refractivity (Wildman–Crippen MR) is 116 cm³/mol. The van der Waals surface area contributed by atoms with Gasteiger partial charge in [-0.1, -0.05) is 18.2 Å². The van der Waals surface area contributed by atoms with E-state index in [1.165, 1.54) is 11.8 Å². The first-order valence-corrected chi connectivity index (χ1v) is 11.4. The third-order valence-corrected chi connectivity index (χ3v) is 7.60. The number of piperidine rings is 1. The van der Waals surface area contributed by atoms with E-state index >= 15 is 0 Å². The Balaban J connectivity index is 1.18. The number of alkyl halides is 3. The van der Waals surface area contributed by atoms with Crippen LogP contribution in [-0.2, 0) is 6.18 Å². The van der Waals surface area contributed by atoms with Crippen LogP contribution in [0.1, 0.15) is 49.3 Å². The largest absolute Gasteiger partial charge is 0.496 e. The Bertz CT molecular complexity index is 952. The summed E-state index contributed by atoms with van der Waals surface area (Å²) in [4.78, 5) is 11.9. The standard InChI is InChI=1S/C24H29F3N4O/c1-32-20-5-3-2-4-19(20)17-7-12-30(13-8-17)18-6-9-23(14-18)15-31(16-23)22-21(24(25,26)27)28-10-11-29-22/h2-5,10-11,17-18H,6-9,12-16H2,1H3/t18-/m1/s1. The van der Waals surface area contributed by atoms with Crippen LogP contribution >= 0.6 is 0 Å². The number of hydrogen-bond acceptors (Lipinski definition) is 5. The van der Waals surface area contributed by atoms with Crippen molar-refractivity contribution in [2.24, 2.45) is 5.41 Å². The van der Waals surface area contributed by atoms with Gasteiger partial charge in [-0.3, -0.25) is 0 Å². The second-order valence-electron chi connectivity index (χ2n) is 9.53. The van der Waals surface area contributed by atoms with Crippen molar-refractivity contribution in [3.8, 4) is 5.75 Å². The van der Waals surface area contributed by atoms with Gasteiger partial charge in [0.05, 0.1) is 7.11 Å². The summed E-state index contributed by atoms with van der Waals surface area (Å²) in [6.07, 6.45) is 3.47. The van der Waals surface area contributed by atoms with Crippen LogP contribution in [0.2, 0.25) is 0 Å². The number of nitrogens with zero attached hydrogens (tertiary/aromatic N) is 4. The molecule has 0 unspecified atom stereocenters. The number of hydrogen-bond donors (Lipinski definition) is 0. The molecule has 3 fully saturated rings. The topological polar surface area (TPSA) is 41.5 Å². The highest BCUT2D eigenvalue weighted by molar-refractivity contribution is 5.48. The van der Waals surface area contributed by atoms with E-state index in [1.807, 2.05) is 12.1 Å². The minimum atomic E-state index is -4.48. The normalized spacial score (nSPS) is 24.0. The van der Waals surface area contributed by atoms with E-state index in [1.54, 1.807) is 12.0 Å². The Morgan fingerprint density at radius 2 is 1.75 bits per heavy atom. The van der Waals surface area contributed by atoms with Gasteiger partial charge in [-0.15, -0.1) is 0 Å². The molecule has 2 aliphatic heterocycles. The minimum Gasteiger partial charge on any atom is -0.496 e. The number of halogens is 3. The molecule has 0 bridgehead atoms. The number of anilines is 1. The molecule has 2 saturated heterocycles. The summed E-state index contributed by atoms with van der Waals surface area (Å²) >= 11 is 0. The molecule has 0 amide bonds. The lowest BCUT2D eigenvalue weighted by atomic mass is 9.77. The number of benzene rings is 1. The number of aromatic nitrogens is 2. The lowest BCUT2D eigenvalue weighted by Crippen LogP contribution is -2.56. The lowest BCUT2D eigenvalue weighted by molar-refractivity contribution is -0.141. The summed E-state index contributed by atoms with van der Waals surface area (Å²) in [5.74, 6) is 1.48. The molecule has 5 rings (SSSR count). The quantitative estimate of drug-likeness (QED) is 0.679. The first kappa shape index (κ1) is 21.5. The number of rotatable bonds is 4. The van der Waals surface area contributed by atoms with E-state index in [0.29, 0.717) is 25.0 Å². The highest BCUT2D eigenvalue weighted by Crippen LogP contribution is 2.50. The van der Waals surface area contributed by atoms with Crippen molar-refractivity contribution in [1.82, 2.24) is 14.9 Å². The summed E-state index contributed by atoms with van der Waals surface area (Å²) in [5, 5.41) is 0. The van der Waals surface area contributed by atoms with Gasteiger partial charge in [0.2, 0.25) is 0 Å². The van der Waals surface area contributed by atoms with E-state index in [2.05, 4.69) is 27.0 Å². The fourth-order valence-corrected chi connectivity index (χ4v) is 6.03. The molecule has 1 saturated carbocycles. The molecule has 1 aromatic carbocycles. The van der Waals surface area contributed by atoms with E-state index in [0.717, 1.165) is 57.1 Å². The van der Waals surface area contributed by atoms with Crippen LogP contribution < -0.4 is 9.64 Å². The molecule has 1 aliphatic carbocycles. The van der Waals surface area contributed by atoms with Crippen LogP contribution in [0.3, 0.4) is 0 Å². The van der Waals surface area contributed by atoms with Gasteiger partial charge in [-0.25, -0.2) is 9.97 Å². The molecule has 1 spiro atoms. The maximum absolute atomic E-state index is 13.3. The SMILES string of the molecule is COc1ccccc1C1CCN([C@@H]2CCC3(C2)CN(c2nccnc2C(F)(F)F)C3)CC1. The van der Waals surface area contributed by atoms with Gasteiger partial charge in [0, 0.05) is 36.9 Å². The third kappa shape index (κ3) is 3.93. The van der Waals surface area contributed by atoms with Crippen LogP contribution in [0.15, 0.2) is 36.7 Å². The molecular formula is C24H29F3N4O. The Morgan fingerprint density at radius 3 is 2.47 bits per heavy atom. The summed E-state index contributed by atoms with van der Waals surface area (Å²) in [5.41, 5.74) is 0.546. The zero-order chi connectivity index (χ0) is 22.3. The van der Waals surface area contributed by atoms with Gasteiger partial charge < -0.3 is 14.5 Å². The third-order valence-electron chi connectivity index (χ3n) is 7.60. The van der Waals surface area contributed by atoms with Gasteiger partial charge in [-0.05, 0) is 62.7 Å². The Hall–Kier alpha value is -2.35. The molecule has 0 radical (unpaired) electrons. The van der Waals surface area contributed by atoms with Crippen LogP contribution in [-0.4, -0.2) is 54.2 Å². The van der Waals surface area contributed by atoms with Crippen molar-refractivity contribution < 1.29 is 17.9 Å². The zero-order valence-corrected chi connectivity index (χ0v) is 18.3. The second kappa shape index (κ2) is 8.21. The summed E-state index contributed by atoms with van der Waals surface area (Å²) in [7, 11) is 1.73. The number of methoxy groups -OCH3 is 1. The van der Waals surface area contributed by atoms with Gasteiger partial charge >= 0.3 is 6.18 Å². The maximum atomic E-state index is 13.3. The molecule has 0 N–H and O–H groups in total. The van der Waals surface area contributed by atoms with Gasteiger partial charge in [0.15, 0.2) is 11.5 Å². The molecule has 172 valence electrons. The number of para-hydroxylation sites is 1. The van der Waals surface area contributed by atoms with E-state index in [-0.39, 0.29) is 11.2 Å². The summed E-state index contributed by atoms with van der Waals surface area (Å²) in [6.45, 7) is 3.41. The molecule has 3 aliphatic rings. The molecule has 1 aromatic heterocycles. The van der Waals surface area contributed by atoms with Crippen LogP contribution in [0.4, 0.5) is 19.0 Å². The molecule has 2 aromatic rings. The van der Waals surface area contributed by atoms with Gasteiger partial charge in [0.25, 0.3) is 0 Å². The summed E-state index contributed by atoms with van der Waals surface area (Å²) < 4.78 is 45.5. The highest BCUT2D eigenvalue weighted by Gasteiger charge is 2.51. The van der Waals surface area contributed by atoms with Crippen molar-refractivity contribution >= 4 is 5.82 Å². The van der Waals surface area contributed by atoms with Gasteiger partial charge in [-0.2, -0.15) is 13.2 Å². The maximum Gasteiger partial charge on any atom is 0.437 e. The highest BCUT2D eigenvalue weighted by atomic mass is 19.4. The van der Waals surface area contributed by atoms with Crippen molar-refractivity contribution in [2.45, 2.75) is 50.2 Å². The Morgan fingerprint density at radius 1 is 1.03 bits per heavy atom. The molecule has 5 nitrogen and oxygen atoms in total. The average Bonchev–Trinajstić information content (AvgIpc) is 3.24. The van der Waals surface area contributed by atoms with Crippen LogP contribution in [0.25, 0.3) is 0 Å². The fraction of sp³-hybridized carbons (Fsp3) is 0.583. The van der Waals surface area contributed by atoms with E-state index < -0.39 is 11.9 Å². The van der Waals surface area contributed by atoms with E-state index in [9.17, 15) is 13.2 Å². The summed E-state index contributed by atoms with van der Waals surface area (Å²) in [6, 6.07) is 8.82. The number of ether oxygens (including phenoxy) is 1. The molecule has 32 heavy (non-hydrogen) atoms. The molecular weight excluding hydrogens is 417 g/mol. The lowest BCUT2D eigenvalue weighted by Gasteiger charge is -2.50. The smallest absolute Gasteiger partial charge is 0.437 e. The van der Waals surface area contributed by atoms with Crippen LogP contribution in [0, 0.1) is 5.41 Å². The molecule has 1 atom stereocenters. The minimum absolute atomic E-state index is 0.0216. The zero-order valence-electron chi connectivity index (χ0n) is 18.3. The van der Waals surface area contributed by atoms with Crippen molar-refractivity contribution in [3.05, 3.63) is 47.9 Å². The molecule has 8 heteroatoms. The second-order valence-corrected chi connectivity index (χ2v) is 9.53. The van der Waals surface area contributed by atoms with Crippen LogP contribution in [0.5, 0.6) is 5.75 Å². The van der Waals surface area contributed by atoms with Crippen molar-refractivity contribution in [3.63, 3.8) is 0 Å². The first-order valence-electron chi connectivity index (χ1n) is 11.4. The van der Waals surface area contributed by atoms with Crippen molar-refractivity contribution in [1.29, 1.82) is 0 Å². The first-order chi connectivity index (χ1) is 15.4. The fourth-order valence-electron chi connectivity index (χ4n) is 6.03. The Labute approximate surface area is 186 Å². The Kier molecular flexibility index (Phi) is 5.51.